The Morgan fingerprint density at radius 3 is 2.54 bits per heavy atom. The van der Waals surface area contributed by atoms with Gasteiger partial charge in [0.05, 0.1) is 53.9 Å². The summed E-state index contributed by atoms with van der Waals surface area (Å²) in [6.45, 7) is 10.9. The van der Waals surface area contributed by atoms with Gasteiger partial charge in [-0.25, -0.2) is 18.4 Å². The number of nitrogens with zero attached hydrogens (tertiary/aromatic N) is 3. The molecule has 306 valence electrons. The predicted molar refractivity (Wildman–Crippen MR) is 206 cm³/mol. The first-order chi connectivity index (χ1) is 26.3. The lowest BCUT2D eigenvalue weighted by molar-refractivity contribution is -0.160. The normalized spacial score (nSPS) is 29.9. The molecule has 7 atom stereocenters. The third-order valence-corrected chi connectivity index (χ3v) is 14.1. The summed E-state index contributed by atoms with van der Waals surface area (Å²) in [7, 11) is -2.54. The summed E-state index contributed by atoms with van der Waals surface area (Å²) in [6, 6.07) is 0.432. The third kappa shape index (κ3) is 8.79. The SMILES string of the molecule is CC[C@@H]1C[C@H](C)CC/C=C\[C@@H]2C[C@@]2(C(=O)NS(=O)(=O)C2(C)CC2)CC(=O)[C@@H]2C[C@@H](Oc3nc4cnc(OC)cc4[nH]c3=O)CN2C(=O)[C@H]1CC(=O)OC(C)(C)C. The molecular formula is C40H55N5O10S. The monoisotopic (exact) mass is 797 g/mol. The Kier molecular flexibility index (Phi) is 11.5. The van der Waals surface area contributed by atoms with Crippen LogP contribution in [-0.2, 0) is 33.9 Å². The van der Waals surface area contributed by atoms with Crippen LogP contribution in [0.5, 0.6) is 11.8 Å². The summed E-state index contributed by atoms with van der Waals surface area (Å²) in [5.41, 5.74) is -2.04. The molecule has 16 heteroatoms. The van der Waals surface area contributed by atoms with Crippen LogP contribution in [0.4, 0.5) is 0 Å². The quantitative estimate of drug-likeness (QED) is 0.268. The van der Waals surface area contributed by atoms with Crippen LogP contribution in [0.3, 0.4) is 0 Å². The number of carbonyl (C=O) groups is 4. The average Bonchev–Trinajstić information content (AvgIpc) is 4.00. The molecule has 2 saturated carbocycles. The first-order valence-corrected chi connectivity index (χ1v) is 21.2. The number of pyridine rings is 1. The standard InChI is InChI=1S/C40H55N5O10S/c1-8-24-15-23(2)11-9-10-12-25-19-40(25,37(50)44-56(51,52)39(6)13-14-39)20-31(46)30-16-26(22-45(30)36(49)27(24)17-33(47)55-38(3,4)5)54-35-34(48)42-28-18-32(53-7)41-21-29(28)43-35/h10,12,18,21,23-27,30H,8-9,11,13-17,19-20,22H2,1-7H3,(H,42,48)(H,44,50)/b12-10-/t23-,24-,25-,26-,27+,30+,40-/m1/s1. The molecule has 2 aliphatic heterocycles. The van der Waals surface area contributed by atoms with Crippen LogP contribution in [0, 0.1) is 29.1 Å². The summed E-state index contributed by atoms with van der Waals surface area (Å²) in [5.74, 6) is -3.35. The van der Waals surface area contributed by atoms with Gasteiger partial charge in [0, 0.05) is 18.9 Å². The number of ether oxygens (including phenoxy) is 3. The molecule has 0 radical (unpaired) electrons. The summed E-state index contributed by atoms with van der Waals surface area (Å²) in [6.07, 6.45) is 7.82. The van der Waals surface area contributed by atoms with E-state index in [1.165, 1.54) is 24.3 Å². The van der Waals surface area contributed by atoms with Gasteiger partial charge in [0.15, 0.2) is 5.78 Å². The molecule has 4 heterocycles. The van der Waals surface area contributed by atoms with Gasteiger partial charge in [0.2, 0.25) is 27.7 Å². The zero-order valence-corrected chi connectivity index (χ0v) is 34.2. The number of rotatable bonds is 9. The van der Waals surface area contributed by atoms with Crippen molar-refractivity contribution < 1.29 is 41.8 Å². The smallest absolute Gasteiger partial charge is 0.311 e. The van der Waals surface area contributed by atoms with Crippen LogP contribution in [0.15, 0.2) is 29.2 Å². The number of H-pyrrole nitrogens is 1. The maximum Gasteiger partial charge on any atom is 0.311 e. The minimum Gasteiger partial charge on any atom is -0.481 e. The van der Waals surface area contributed by atoms with E-state index < -0.39 is 73.0 Å². The number of aromatic amines is 1. The van der Waals surface area contributed by atoms with Crippen LogP contribution in [0.25, 0.3) is 11.0 Å². The molecule has 15 nitrogen and oxygen atoms in total. The van der Waals surface area contributed by atoms with Crippen LogP contribution in [-0.4, -0.2) is 88.0 Å². The Morgan fingerprint density at radius 1 is 1.14 bits per heavy atom. The van der Waals surface area contributed by atoms with E-state index in [9.17, 15) is 32.4 Å². The summed E-state index contributed by atoms with van der Waals surface area (Å²) >= 11 is 0. The van der Waals surface area contributed by atoms with Crippen molar-refractivity contribution in [2.24, 2.45) is 29.1 Å². The Hall–Kier alpha value is -4.34. The van der Waals surface area contributed by atoms with E-state index in [0.29, 0.717) is 43.1 Å². The molecule has 2 amide bonds. The minimum atomic E-state index is -3.99. The van der Waals surface area contributed by atoms with Gasteiger partial charge < -0.3 is 24.1 Å². The highest BCUT2D eigenvalue weighted by Gasteiger charge is 2.62. The number of ketones is 1. The van der Waals surface area contributed by atoms with Gasteiger partial charge in [-0.2, -0.15) is 0 Å². The van der Waals surface area contributed by atoms with Gasteiger partial charge in [0.25, 0.3) is 5.88 Å². The number of fused-ring (bicyclic) bond motifs is 3. The molecular weight excluding hydrogens is 743 g/mol. The lowest BCUT2D eigenvalue weighted by atomic mass is 9.79. The van der Waals surface area contributed by atoms with E-state index in [4.69, 9.17) is 14.2 Å². The van der Waals surface area contributed by atoms with Crippen LogP contribution in [0.1, 0.15) is 106 Å². The van der Waals surface area contributed by atoms with E-state index in [1.807, 2.05) is 19.1 Å². The number of methoxy groups -OCH3 is 1. The first kappa shape index (κ1) is 41.3. The Bertz CT molecular complexity index is 2070. The lowest BCUT2D eigenvalue weighted by Gasteiger charge is -2.33. The predicted octanol–water partition coefficient (Wildman–Crippen LogP) is 4.39. The molecule has 3 fully saturated rings. The van der Waals surface area contributed by atoms with Crippen LogP contribution < -0.4 is 19.8 Å². The zero-order valence-electron chi connectivity index (χ0n) is 33.4. The number of esters is 1. The molecule has 2 aromatic rings. The van der Waals surface area contributed by atoms with E-state index in [-0.39, 0.29) is 61.7 Å². The van der Waals surface area contributed by atoms with Crippen molar-refractivity contribution in [3.8, 4) is 11.8 Å². The lowest BCUT2D eigenvalue weighted by Crippen LogP contribution is -2.48. The van der Waals surface area contributed by atoms with Gasteiger partial charge >= 0.3 is 11.5 Å². The topological polar surface area (TPSA) is 204 Å². The van der Waals surface area contributed by atoms with Crippen LogP contribution in [0.2, 0.25) is 0 Å². The highest BCUT2D eigenvalue weighted by molar-refractivity contribution is 7.91. The largest absolute Gasteiger partial charge is 0.481 e. The fourth-order valence-electron chi connectivity index (χ4n) is 8.21. The average molecular weight is 798 g/mol. The molecule has 56 heavy (non-hydrogen) atoms. The number of carbonyl (C=O) groups excluding carboxylic acids is 4. The van der Waals surface area contributed by atoms with E-state index in [0.717, 1.165) is 6.42 Å². The molecule has 0 aromatic carbocycles. The van der Waals surface area contributed by atoms with Crippen LogP contribution >= 0.6 is 0 Å². The maximum absolute atomic E-state index is 14.9. The van der Waals surface area contributed by atoms with Crippen molar-refractivity contribution in [3.05, 3.63) is 34.8 Å². The number of amides is 2. The number of aromatic nitrogens is 3. The zero-order chi connectivity index (χ0) is 40.8. The number of nitrogens with one attached hydrogen (secondary N) is 2. The molecule has 0 bridgehead atoms. The number of allylic oxidation sites excluding steroid dienone is 2. The van der Waals surface area contributed by atoms with E-state index in [2.05, 4.69) is 26.6 Å². The van der Waals surface area contributed by atoms with Crippen molar-refractivity contribution in [1.82, 2.24) is 24.6 Å². The van der Waals surface area contributed by atoms with Gasteiger partial charge in [-0.05, 0) is 84.0 Å². The van der Waals surface area contributed by atoms with E-state index in [1.54, 1.807) is 27.7 Å². The Morgan fingerprint density at radius 2 is 1.88 bits per heavy atom. The summed E-state index contributed by atoms with van der Waals surface area (Å²) in [5, 5.41) is 0. The number of sulfonamides is 1. The maximum atomic E-state index is 14.9. The molecule has 0 spiro atoms. The number of hydrogen-bond donors (Lipinski definition) is 2. The molecule has 4 aliphatic rings. The van der Waals surface area contributed by atoms with Gasteiger partial charge in [-0.1, -0.05) is 32.4 Å². The molecule has 6 rings (SSSR count). The fourth-order valence-corrected chi connectivity index (χ4v) is 9.54. The van der Waals surface area contributed by atoms with Crippen molar-refractivity contribution in [3.63, 3.8) is 0 Å². The fraction of sp³-hybridized carbons (Fsp3) is 0.675. The number of hydrogen-bond acceptors (Lipinski definition) is 12. The summed E-state index contributed by atoms with van der Waals surface area (Å²) in [4.78, 5) is 82.8. The highest BCUT2D eigenvalue weighted by atomic mass is 32.2. The van der Waals surface area contributed by atoms with Crippen molar-refractivity contribution >= 4 is 44.6 Å². The first-order valence-electron chi connectivity index (χ1n) is 19.7. The molecule has 1 saturated heterocycles. The Balaban J connectivity index is 1.36. The minimum absolute atomic E-state index is 0.0223. The molecule has 2 aromatic heterocycles. The Labute approximate surface area is 327 Å². The van der Waals surface area contributed by atoms with Crippen molar-refractivity contribution in [1.29, 1.82) is 0 Å². The van der Waals surface area contributed by atoms with Gasteiger partial charge in [-0.3, -0.25) is 28.7 Å². The molecule has 0 unspecified atom stereocenters. The second-order valence-corrected chi connectivity index (χ2v) is 19.7. The molecule has 2 aliphatic carbocycles. The highest BCUT2D eigenvalue weighted by Crippen LogP contribution is 2.57. The van der Waals surface area contributed by atoms with Crippen molar-refractivity contribution in [2.75, 3.05) is 13.7 Å². The second kappa shape index (κ2) is 15.5. The number of Topliss-reactive ketones (excluding diaryl/α,β-unsaturated/α-hetero) is 1. The third-order valence-electron chi connectivity index (χ3n) is 11.9. The van der Waals surface area contributed by atoms with E-state index >= 15 is 0 Å². The second-order valence-electron chi connectivity index (χ2n) is 17.5. The van der Waals surface area contributed by atoms with Gasteiger partial charge in [0.1, 0.15) is 17.2 Å². The van der Waals surface area contributed by atoms with Gasteiger partial charge in [-0.15, -0.1) is 0 Å². The van der Waals surface area contributed by atoms with Crippen molar-refractivity contribution in [2.45, 2.75) is 128 Å². The molecule has 2 N–H and O–H groups in total. The summed E-state index contributed by atoms with van der Waals surface area (Å²) < 4.78 is 44.7.